The van der Waals surface area contributed by atoms with Gasteiger partial charge in [0.15, 0.2) is 0 Å². The second kappa shape index (κ2) is 6.66. The number of nitrogens with two attached hydrogens (primary N) is 1. The van der Waals surface area contributed by atoms with Gasteiger partial charge < -0.3 is 16.4 Å². The lowest BCUT2D eigenvalue weighted by molar-refractivity contribution is 0.0942. The van der Waals surface area contributed by atoms with Gasteiger partial charge >= 0.3 is 6.03 Å². The average molecular weight is 305 g/mol. The number of carbonyl (C=O) groups excluding carboxylic acids is 2. The average Bonchev–Trinajstić information content (AvgIpc) is 2.46. The number of rotatable bonds is 4. The molecule has 7 heteroatoms. The Bertz CT molecular complexity index is 682. The molecule has 2 aromatic carbocycles. The predicted octanol–water partition coefficient (Wildman–Crippen LogP) is 2.39. The third kappa shape index (κ3) is 3.78. The molecule has 0 aliphatic heterocycles. The fraction of sp³-hybridized carbons (Fsp3) is 0.0667. The molecule has 4 N–H and O–H groups in total. The minimum Gasteiger partial charge on any atom is -0.351 e. The first kappa shape index (κ1) is 15.4. The maximum atomic E-state index is 13.4. The van der Waals surface area contributed by atoms with Crippen LogP contribution in [0.5, 0.6) is 0 Å². The molecule has 0 saturated carbocycles. The lowest BCUT2D eigenvalue weighted by Gasteiger charge is -2.08. The topological polar surface area (TPSA) is 84.2 Å². The number of primary amides is 1. The van der Waals surface area contributed by atoms with Crippen LogP contribution in [0, 0.1) is 11.6 Å². The first-order valence-corrected chi connectivity index (χ1v) is 6.35. The second-order valence-corrected chi connectivity index (χ2v) is 4.47. The van der Waals surface area contributed by atoms with E-state index in [9.17, 15) is 18.4 Å². The van der Waals surface area contributed by atoms with Crippen LogP contribution < -0.4 is 16.4 Å². The summed E-state index contributed by atoms with van der Waals surface area (Å²) in [5.74, 6) is -2.67. The molecule has 0 fully saturated rings. The highest BCUT2D eigenvalue weighted by atomic mass is 19.1. The number of hydrogen-bond donors (Lipinski definition) is 3. The molecule has 0 bridgehead atoms. The second-order valence-electron chi connectivity index (χ2n) is 4.47. The molecule has 22 heavy (non-hydrogen) atoms. The van der Waals surface area contributed by atoms with Gasteiger partial charge in [0.05, 0.1) is 0 Å². The van der Waals surface area contributed by atoms with Gasteiger partial charge in [-0.05, 0) is 29.8 Å². The van der Waals surface area contributed by atoms with Gasteiger partial charge in [-0.15, -0.1) is 0 Å². The van der Waals surface area contributed by atoms with Gasteiger partial charge in [0.1, 0.15) is 17.2 Å². The number of carbonyl (C=O) groups is 2. The van der Waals surface area contributed by atoms with Gasteiger partial charge in [-0.3, -0.25) is 4.79 Å². The monoisotopic (exact) mass is 305 g/mol. The summed E-state index contributed by atoms with van der Waals surface area (Å²) < 4.78 is 26.9. The highest BCUT2D eigenvalue weighted by Crippen LogP contribution is 2.13. The highest BCUT2D eigenvalue weighted by Gasteiger charge is 2.16. The fourth-order valence-corrected chi connectivity index (χ4v) is 1.83. The SMILES string of the molecule is NC(=O)Nc1ccc(CNC(=O)c2c(F)cccc2F)cc1. The van der Waals surface area contributed by atoms with Crippen LogP contribution in [0.1, 0.15) is 15.9 Å². The zero-order valence-corrected chi connectivity index (χ0v) is 11.4. The van der Waals surface area contributed by atoms with E-state index in [1.807, 2.05) is 0 Å². The Morgan fingerprint density at radius 2 is 1.59 bits per heavy atom. The van der Waals surface area contributed by atoms with E-state index in [-0.39, 0.29) is 6.54 Å². The minimum atomic E-state index is -0.918. The molecule has 0 aliphatic rings. The van der Waals surface area contributed by atoms with E-state index >= 15 is 0 Å². The molecule has 0 atom stereocenters. The Morgan fingerprint density at radius 1 is 1.00 bits per heavy atom. The smallest absolute Gasteiger partial charge is 0.316 e. The number of hydrogen-bond acceptors (Lipinski definition) is 2. The van der Waals surface area contributed by atoms with Crippen LogP contribution in [-0.2, 0) is 6.54 Å². The molecule has 0 heterocycles. The van der Waals surface area contributed by atoms with E-state index in [0.29, 0.717) is 11.3 Å². The van der Waals surface area contributed by atoms with Crippen molar-refractivity contribution in [1.82, 2.24) is 5.32 Å². The number of amides is 3. The van der Waals surface area contributed by atoms with Crippen molar-refractivity contribution < 1.29 is 18.4 Å². The van der Waals surface area contributed by atoms with Crippen LogP contribution in [0.3, 0.4) is 0 Å². The molecule has 0 unspecified atom stereocenters. The Balaban J connectivity index is 2.01. The Labute approximate surface area is 125 Å². The summed E-state index contributed by atoms with van der Waals surface area (Å²) in [4.78, 5) is 22.5. The minimum absolute atomic E-state index is 0.0868. The van der Waals surface area contributed by atoms with E-state index < -0.39 is 29.1 Å². The molecule has 0 aliphatic carbocycles. The molecule has 3 amide bonds. The van der Waals surface area contributed by atoms with Crippen molar-refractivity contribution >= 4 is 17.6 Å². The normalized spacial score (nSPS) is 10.1. The van der Waals surface area contributed by atoms with Crippen LogP contribution in [0.2, 0.25) is 0 Å². The molecule has 2 rings (SSSR count). The van der Waals surface area contributed by atoms with Crippen molar-refractivity contribution in [3.8, 4) is 0 Å². The summed E-state index contributed by atoms with van der Waals surface area (Å²) in [6.45, 7) is 0.0868. The summed E-state index contributed by atoms with van der Waals surface area (Å²) in [5, 5.41) is 4.82. The summed E-state index contributed by atoms with van der Waals surface area (Å²) in [6.07, 6.45) is 0. The maximum absolute atomic E-state index is 13.4. The van der Waals surface area contributed by atoms with Crippen LogP contribution in [0.15, 0.2) is 42.5 Å². The summed E-state index contributed by atoms with van der Waals surface area (Å²) in [5.41, 5.74) is 5.56. The van der Waals surface area contributed by atoms with Crippen LogP contribution >= 0.6 is 0 Å². The summed E-state index contributed by atoms with van der Waals surface area (Å²) >= 11 is 0. The van der Waals surface area contributed by atoms with E-state index in [2.05, 4.69) is 10.6 Å². The Kier molecular flexibility index (Phi) is 4.67. The lowest BCUT2D eigenvalue weighted by Crippen LogP contribution is -2.25. The van der Waals surface area contributed by atoms with Gasteiger partial charge in [-0.25, -0.2) is 13.6 Å². The molecule has 114 valence electrons. The van der Waals surface area contributed by atoms with Gasteiger partial charge in [-0.1, -0.05) is 18.2 Å². The number of halogens is 2. The zero-order chi connectivity index (χ0) is 16.1. The van der Waals surface area contributed by atoms with Crippen molar-refractivity contribution in [3.63, 3.8) is 0 Å². The van der Waals surface area contributed by atoms with E-state index in [1.54, 1.807) is 24.3 Å². The largest absolute Gasteiger partial charge is 0.351 e. The zero-order valence-electron chi connectivity index (χ0n) is 11.4. The molecular weight excluding hydrogens is 292 g/mol. The van der Waals surface area contributed by atoms with Crippen molar-refractivity contribution in [2.75, 3.05) is 5.32 Å². The Hall–Kier alpha value is -2.96. The van der Waals surface area contributed by atoms with Crippen molar-refractivity contribution in [3.05, 3.63) is 65.2 Å². The molecular formula is C15H13F2N3O2. The number of anilines is 1. The third-order valence-corrected chi connectivity index (χ3v) is 2.86. The van der Waals surface area contributed by atoms with Crippen LogP contribution in [0.25, 0.3) is 0 Å². The fourth-order valence-electron chi connectivity index (χ4n) is 1.83. The van der Waals surface area contributed by atoms with Gasteiger partial charge in [0.25, 0.3) is 5.91 Å². The van der Waals surface area contributed by atoms with Crippen LogP contribution in [0.4, 0.5) is 19.3 Å². The molecule has 0 radical (unpaired) electrons. The van der Waals surface area contributed by atoms with Crippen LogP contribution in [-0.4, -0.2) is 11.9 Å². The quantitative estimate of drug-likeness (QED) is 0.810. The van der Waals surface area contributed by atoms with E-state index in [4.69, 9.17) is 5.73 Å². The van der Waals surface area contributed by atoms with Crippen molar-refractivity contribution in [2.45, 2.75) is 6.54 Å². The maximum Gasteiger partial charge on any atom is 0.316 e. The van der Waals surface area contributed by atoms with Crippen molar-refractivity contribution in [1.29, 1.82) is 0 Å². The molecule has 5 nitrogen and oxygen atoms in total. The first-order chi connectivity index (χ1) is 10.5. The van der Waals surface area contributed by atoms with Crippen molar-refractivity contribution in [2.24, 2.45) is 5.73 Å². The number of nitrogens with one attached hydrogen (secondary N) is 2. The summed E-state index contributed by atoms with van der Waals surface area (Å²) in [6, 6.07) is 9.01. The van der Waals surface area contributed by atoms with Gasteiger partial charge in [0, 0.05) is 12.2 Å². The van der Waals surface area contributed by atoms with Gasteiger partial charge in [-0.2, -0.15) is 0 Å². The number of benzene rings is 2. The first-order valence-electron chi connectivity index (χ1n) is 6.35. The summed E-state index contributed by atoms with van der Waals surface area (Å²) in [7, 11) is 0. The number of urea groups is 1. The third-order valence-electron chi connectivity index (χ3n) is 2.86. The molecule has 0 saturated heterocycles. The van der Waals surface area contributed by atoms with E-state index in [1.165, 1.54) is 6.07 Å². The Morgan fingerprint density at radius 3 is 2.14 bits per heavy atom. The molecule has 2 aromatic rings. The van der Waals surface area contributed by atoms with Gasteiger partial charge in [0.2, 0.25) is 0 Å². The van der Waals surface area contributed by atoms with E-state index in [0.717, 1.165) is 12.1 Å². The molecule has 0 spiro atoms. The highest BCUT2D eigenvalue weighted by molar-refractivity contribution is 5.94. The molecule has 0 aromatic heterocycles. The standard InChI is InChI=1S/C15H13F2N3O2/c16-11-2-1-3-12(17)13(11)14(21)19-8-9-4-6-10(7-5-9)20-15(18)22/h1-7H,8H2,(H,19,21)(H3,18,20,22). The predicted molar refractivity (Wildman–Crippen MR) is 77.2 cm³/mol. The lowest BCUT2D eigenvalue weighted by atomic mass is 10.1.